The molecule has 0 aliphatic carbocycles. The number of alkyl halides is 3. The summed E-state index contributed by atoms with van der Waals surface area (Å²) in [6, 6.07) is 0. The van der Waals surface area contributed by atoms with E-state index in [-0.39, 0.29) is 5.92 Å². The molecular formula is C12H23F3N4. The molecule has 1 unspecified atom stereocenters. The molecule has 0 bridgehead atoms. The van der Waals surface area contributed by atoms with Crippen LogP contribution in [0.3, 0.4) is 0 Å². The molecule has 0 amide bonds. The zero-order chi connectivity index (χ0) is 14.5. The van der Waals surface area contributed by atoms with Gasteiger partial charge in [-0.25, -0.2) is 0 Å². The smallest absolute Gasteiger partial charge is 0.370 e. The van der Waals surface area contributed by atoms with E-state index in [0.29, 0.717) is 25.6 Å². The Morgan fingerprint density at radius 2 is 2.00 bits per heavy atom. The van der Waals surface area contributed by atoms with E-state index in [2.05, 4.69) is 4.99 Å². The van der Waals surface area contributed by atoms with Crippen LogP contribution in [-0.2, 0) is 0 Å². The Bertz CT molecular complexity index is 300. The van der Waals surface area contributed by atoms with Gasteiger partial charge in [-0.3, -0.25) is 9.89 Å². The van der Waals surface area contributed by atoms with Gasteiger partial charge in [0.15, 0.2) is 5.96 Å². The first kappa shape index (κ1) is 16.1. The number of likely N-dealkylation sites (tertiary alicyclic amines) is 1. The van der Waals surface area contributed by atoms with Crippen LogP contribution < -0.4 is 5.73 Å². The van der Waals surface area contributed by atoms with E-state index in [0.717, 1.165) is 19.5 Å². The molecule has 1 heterocycles. The number of guanidine groups is 1. The van der Waals surface area contributed by atoms with Gasteiger partial charge in [-0.15, -0.1) is 0 Å². The predicted molar refractivity (Wildman–Crippen MR) is 70.0 cm³/mol. The Morgan fingerprint density at radius 1 is 1.37 bits per heavy atom. The molecule has 0 aromatic carbocycles. The maximum atomic E-state index is 12.3. The first-order valence-corrected chi connectivity index (χ1v) is 6.69. The van der Waals surface area contributed by atoms with Gasteiger partial charge in [-0.2, -0.15) is 13.2 Å². The maximum absolute atomic E-state index is 12.3. The van der Waals surface area contributed by atoms with Gasteiger partial charge in [-0.1, -0.05) is 0 Å². The molecule has 2 N–H and O–H groups in total. The Kier molecular flexibility index (Phi) is 5.90. The van der Waals surface area contributed by atoms with E-state index >= 15 is 0 Å². The van der Waals surface area contributed by atoms with Crippen molar-refractivity contribution in [2.75, 3.05) is 39.3 Å². The number of nitrogens with two attached hydrogens (primary N) is 1. The number of hydrogen-bond acceptors (Lipinski definition) is 2. The Morgan fingerprint density at radius 3 is 2.53 bits per heavy atom. The van der Waals surface area contributed by atoms with Gasteiger partial charge < -0.3 is 10.6 Å². The van der Waals surface area contributed by atoms with Crippen LogP contribution in [0, 0.1) is 5.92 Å². The average Bonchev–Trinajstić information content (AvgIpc) is 2.73. The van der Waals surface area contributed by atoms with Crippen LogP contribution in [0.25, 0.3) is 0 Å². The number of rotatable bonds is 5. The number of halogens is 3. The SMILES string of the molecule is CCN(CC)C(N)=NCC1CCN(CC(F)(F)F)C1. The van der Waals surface area contributed by atoms with Crippen molar-refractivity contribution in [2.45, 2.75) is 26.4 Å². The Hall–Kier alpha value is -0.980. The molecule has 112 valence electrons. The second-order valence-electron chi connectivity index (χ2n) is 4.88. The minimum atomic E-state index is -4.11. The summed E-state index contributed by atoms with van der Waals surface area (Å²) in [4.78, 5) is 7.66. The first-order chi connectivity index (χ1) is 8.85. The highest BCUT2D eigenvalue weighted by atomic mass is 19.4. The highest BCUT2D eigenvalue weighted by Gasteiger charge is 2.34. The van der Waals surface area contributed by atoms with E-state index in [1.807, 2.05) is 18.7 Å². The van der Waals surface area contributed by atoms with E-state index in [9.17, 15) is 13.2 Å². The molecular weight excluding hydrogens is 257 g/mol. The summed E-state index contributed by atoms with van der Waals surface area (Å²) in [7, 11) is 0. The van der Waals surface area contributed by atoms with Crippen molar-refractivity contribution in [1.29, 1.82) is 0 Å². The summed E-state index contributed by atoms with van der Waals surface area (Å²) in [5.74, 6) is 0.663. The van der Waals surface area contributed by atoms with Gasteiger partial charge in [0.1, 0.15) is 0 Å². The van der Waals surface area contributed by atoms with E-state index < -0.39 is 12.7 Å². The van der Waals surface area contributed by atoms with E-state index in [4.69, 9.17) is 5.73 Å². The van der Waals surface area contributed by atoms with Crippen molar-refractivity contribution in [3.05, 3.63) is 0 Å². The van der Waals surface area contributed by atoms with Gasteiger partial charge in [0, 0.05) is 26.2 Å². The monoisotopic (exact) mass is 280 g/mol. The summed E-state index contributed by atoms with van der Waals surface area (Å²) < 4.78 is 36.8. The molecule has 4 nitrogen and oxygen atoms in total. The third-order valence-electron chi connectivity index (χ3n) is 3.37. The molecule has 1 aliphatic rings. The molecule has 0 spiro atoms. The van der Waals surface area contributed by atoms with E-state index in [1.54, 1.807) is 0 Å². The fourth-order valence-corrected chi connectivity index (χ4v) is 2.33. The molecule has 1 saturated heterocycles. The topological polar surface area (TPSA) is 44.9 Å². The number of aliphatic imine (C=N–C) groups is 1. The van der Waals surface area contributed by atoms with Crippen molar-refractivity contribution in [3.8, 4) is 0 Å². The molecule has 0 saturated carbocycles. The van der Waals surface area contributed by atoms with Crippen LogP contribution in [0.1, 0.15) is 20.3 Å². The fraction of sp³-hybridized carbons (Fsp3) is 0.917. The largest absolute Gasteiger partial charge is 0.401 e. The van der Waals surface area contributed by atoms with Crippen molar-refractivity contribution >= 4 is 5.96 Å². The zero-order valence-electron chi connectivity index (χ0n) is 11.6. The van der Waals surface area contributed by atoms with Crippen LogP contribution in [0.5, 0.6) is 0 Å². The molecule has 7 heteroatoms. The molecule has 0 radical (unpaired) electrons. The fourth-order valence-electron chi connectivity index (χ4n) is 2.33. The van der Waals surface area contributed by atoms with Crippen LogP contribution in [0.2, 0.25) is 0 Å². The summed E-state index contributed by atoms with van der Waals surface area (Å²) in [5.41, 5.74) is 5.84. The third kappa shape index (κ3) is 5.67. The van der Waals surface area contributed by atoms with Crippen molar-refractivity contribution in [1.82, 2.24) is 9.80 Å². The van der Waals surface area contributed by atoms with Gasteiger partial charge in [0.25, 0.3) is 0 Å². The highest BCUT2D eigenvalue weighted by Crippen LogP contribution is 2.22. The Labute approximate surface area is 112 Å². The zero-order valence-corrected chi connectivity index (χ0v) is 11.6. The average molecular weight is 280 g/mol. The van der Waals surface area contributed by atoms with Gasteiger partial charge in [-0.05, 0) is 32.7 Å². The first-order valence-electron chi connectivity index (χ1n) is 6.69. The minimum absolute atomic E-state index is 0.177. The van der Waals surface area contributed by atoms with Gasteiger partial charge >= 0.3 is 6.18 Å². The number of nitrogens with zero attached hydrogens (tertiary/aromatic N) is 3. The standard InChI is InChI=1S/C12H23F3N4/c1-3-19(4-2)11(16)17-7-10-5-6-18(8-10)9-12(13,14)15/h10H,3-9H2,1-2H3,(H2,16,17). The molecule has 1 atom stereocenters. The normalized spacial score (nSPS) is 21.9. The highest BCUT2D eigenvalue weighted by molar-refractivity contribution is 5.77. The van der Waals surface area contributed by atoms with E-state index in [1.165, 1.54) is 4.90 Å². The van der Waals surface area contributed by atoms with Crippen LogP contribution >= 0.6 is 0 Å². The molecule has 0 aromatic heterocycles. The molecule has 19 heavy (non-hydrogen) atoms. The summed E-state index contributed by atoms with van der Waals surface area (Å²) in [6.45, 7) is 6.20. The Balaban J connectivity index is 2.38. The summed E-state index contributed by atoms with van der Waals surface area (Å²) in [5, 5.41) is 0. The van der Waals surface area contributed by atoms with Crippen molar-refractivity contribution in [2.24, 2.45) is 16.6 Å². The predicted octanol–water partition coefficient (Wildman–Crippen LogP) is 1.53. The summed E-state index contributed by atoms with van der Waals surface area (Å²) >= 11 is 0. The second kappa shape index (κ2) is 6.98. The van der Waals surface area contributed by atoms with Crippen LogP contribution in [0.15, 0.2) is 4.99 Å². The summed E-state index contributed by atoms with van der Waals surface area (Å²) in [6.07, 6.45) is -3.36. The molecule has 1 rings (SSSR count). The lowest BCUT2D eigenvalue weighted by Crippen LogP contribution is -2.37. The molecule has 1 fully saturated rings. The van der Waals surface area contributed by atoms with Gasteiger partial charge in [0.05, 0.1) is 6.54 Å². The number of hydrogen-bond donors (Lipinski definition) is 1. The maximum Gasteiger partial charge on any atom is 0.401 e. The van der Waals surface area contributed by atoms with Crippen LogP contribution in [-0.4, -0.2) is 61.2 Å². The quantitative estimate of drug-likeness (QED) is 0.613. The molecule has 1 aliphatic heterocycles. The van der Waals surface area contributed by atoms with Crippen LogP contribution in [0.4, 0.5) is 13.2 Å². The lowest BCUT2D eigenvalue weighted by atomic mass is 10.1. The van der Waals surface area contributed by atoms with Crippen molar-refractivity contribution < 1.29 is 13.2 Å². The lowest BCUT2D eigenvalue weighted by Gasteiger charge is -2.20. The van der Waals surface area contributed by atoms with Crippen molar-refractivity contribution in [3.63, 3.8) is 0 Å². The lowest BCUT2D eigenvalue weighted by molar-refractivity contribution is -0.143. The molecule has 0 aromatic rings. The second-order valence-corrected chi connectivity index (χ2v) is 4.88. The third-order valence-corrected chi connectivity index (χ3v) is 3.37. The minimum Gasteiger partial charge on any atom is -0.370 e. The van der Waals surface area contributed by atoms with Gasteiger partial charge in [0.2, 0.25) is 0 Å².